The van der Waals surface area contributed by atoms with Crippen molar-refractivity contribution >= 4 is 5.95 Å². The first kappa shape index (κ1) is 14.3. The van der Waals surface area contributed by atoms with Gasteiger partial charge in [0.2, 0.25) is 5.95 Å². The molecule has 0 spiro atoms. The summed E-state index contributed by atoms with van der Waals surface area (Å²) in [5, 5.41) is 6.92. The summed E-state index contributed by atoms with van der Waals surface area (Å²) >= 11 is 0. The number of rotatable bonds is 5. The van der Waals surface area contributed by atoms with Crippen LogP contribution in [-0.4, -0.2) is 29.6 Å². The highest BCUT2D eigenvalue weighted by molar-refractivity contribution is 5.29. The molecule has 2 N–H and O–H groups in total. The second-order valence-corrected chi connectivity index (χ2v) is 5.83. The van der Waals surface area contributed by atoms with Crippen molar-refractivity contribution in [2.24, 2.45) is 5.41 Å². The molecule has 1 unspecified atom stereocenters. The van der Waals surface area contributed by atoms with Gasteiger partial charge in [0.1, 0.15) is 0 Å². The molecule has 2 heterocycles. The molecule has 106 valence electrons. The summed E-state index contributed by atoms with van der Waals surface area (Å²) in [7, 11) is 0. The topological polar surface area (TPSA) is 49.8 Å². The van der Waals surface area contributed by atoms with Gasteiger partial charge < -0.3 is 10.6 Å². The summed E-state index contributed by atoms with van der Waals surface area (Å²) in [6.07, 6.45) is 4.45. The lowest BCUT2D eigenvalue weighted by atomic mass is 9.83. The fourth-order valence-corrected chi connectivity index (χ4v) is 2.56. The van der Waals surface area contributed by atoms with Crippen LogP contribution in [0.15, 0.2) is 6.07 Å². The van der Waals surface area contributed by atoms with E-state index in [2.05, 4.69) is 47.4 Å². The lowest BCUT2D eigenvalue weighted by molar-refractivity contribution is 0.253. The maximum atomic E-state index is 4.57. The zero-order valence-electron chi connectivity index (χ0n) is 12.4. The molecule has 1 aromatic rings. The minimum absolute atomic E-state index is 0.316. The third kappa shape index (κ3) is 3.90. The Morgan fingerprint density at radius 3 is 2.47 bits per heavy atom. The van der Waals surface area contributed by atoms with Gasteiger partial charge in [-0.15, -0.1) is 0 Å². The quantitative estimate of drug-likeness (QED) is 0.855. The van der Waals surface area contributed by atoms with E-state index in [4.69, 9.17) is 0 Å². The first-order valence-corrected chi connectivity index (χ1v) is 7.46. The Balaban J connectivity index is 2.02. The Bertz CT molecular complexity index is 388. The molecule has 19 heavy (non-hydrogen) atoms. The van der Waals surface area contributed by atoms with Crippen LogP contribution in [0.2, 0.25) is 0 Å². The molecule has 0 saturated carbocycles. The van der Waals surface area contributed by atoms with E-state index in [1.807, 2.05) is 0 Å². The van der Waals surface area contributed by atoms with E-state index in [1.54, 1.807) is 0 Å². The Morgan fingerprint density at radius 1 is 1.26 bits per heavy atom. The monoisotopic (exact) mass is 262 g/mol. The number of hydrogen-bond donors (Lipinski definition) is 2. The van der Waals surface area contributed by atoms with Crippen molar-refractivity contribution in [3.8, 4) is 0 Å². The van der Waals surface area contributed by atoms with Gasteiger partial charge in [-0.05, 0) is 43.7 Å². The van der Waals surface area contributed by atoms with E-state index in [9.17, 15) is 0 Å². The van der Waals surface area contributed by atoms with Gasteiger partial charge in [0, 0.05) is 24.5 Å². The molecular formula is C15H26N4. The molecule has 2 rings (SSSR count). The fraction of sp³-hybridized carbons (Fsp3) is 0.733. The number of aromatic nitrogens is 2. The second kappa shape index (κ2) is 6.33. The van der Waals surface area contributed by atoms with Gasteiger partial charge in [-0.3, -0.25) is 0 Å². The van der Waals surface area contributed by atoms with Crippen LogP contribution < -0.4 is 10.6 Å². The molecule has 0 bridgehead atoms. The molecule has 1 atom stereocenters. The second-order valence-electron chi connectivity index (χ2n) is 5.83. The highest BCUT2D eigenvalue weighted by Crippen LogP contribution is 2.25. The van der Waals surface area contributed by atoms with Crippen molar-refractivity contribution in [3.63, 3.8) is 0 Å². The Hall–Kier alpha value is -1.16. The average molecular weight is 262 g/mol. The number of hydrogen-bond acceptors (Lipinski definition) is 4. The lowest BCUT2D eigenvalue weighted by Crippen LogP contribution is -2.42. The van der Waals surface area contributed by atoms with E-state index in [1.165, 1.54) is 12.8 Å². The molecule has 1 fully saturated rings. The van der Waals surface area contributed by atoms with Crippen LogP contribution >= 0.6 is 0 Å². The zero-order chi connectivity index (χ0) is 13.7. The molecule has 1 aliphatic heterocycles. The van der Waals surface area contributed by atoms with E-state index >= 15 is 0 Å². The fourth-order valence-electron chi connectivity index (χ4n) is 2.56. The molecule has 1 aromatic heterocycles. The predicted molar refractivity (Wildman–Crippen MR) is 79.5 cm³/mol. The van der Waals surface area contributed by atoms with Crippen molar-refractivity contribution in [2.45, 2.75) is 46.5 Å². The molecule has 1 aliphatic rings. The SMILES string of the molecule is CCc1cc(CC)nc(NCC2(C)CCCNC2)n1. The van der Waals surface area contributed by atoms with Gasteiger partial charge >= 0.3 is 0 Å². The first-order valence-electron chi connectivity index (χ1n) is 7.46. The third-order valence-corrected chi connectivity index (χ3v) is 3.92. The molecule has 4 heteroatoms. The first-order chi connectivity index (χ1) is 9.15. The van der Waals surface area contributed by atoms with Gasteiger partial charge in [-0.25, -0.2) is 9.97 Å². The number of anilines is 1. The van der Waals surface area contributed by atoms with E-state index in [0.29, 0.717) is 5.41 Å². The van der Waals surface area contributed by atoms with Gasteiger partial charge in [-0.1, -0.05) is 20.8 Å². The number of aryl methyl sites for hydroxylation is 2. The Labute approximate surface area is 116 Å². The molecule has 0 aromatic carbocycles. The summed E-state index contributed by atoms with van der Waals surface area (Å²) in [5.41, 5.74) is 2.57. The summed E-state index contributed by atoms with van der Waals surface area (Å²) in [5.74, 6) is 0.794. The van der Waals surface area contributed by atoms with Crippen molar-refractivity contribution in [2.75, 3.05) is 25.0 Å². The molecule has 0 radical (unpaired) electrons. The van der Waals surface area contributed by atoms with Crippen LogP contribution in [0.4, 0.5) is 5.95 Å². The van der Waals surface area contributed by atoms with Crippen LogP contribution in [-0.2, 0) is 12.8 Å². The minimum atomic E-state index is 0.316. The predicted octanol–water partition coefficient (Wildman–Crippen LogP) is 2.40. The summed E-state index contributed by atoms with van der Waals surface area (Å²) in [4.78, 5) is 9.15. The van der Waals surface area contributed by atoms with Gasteiger partial charge in [0.25, 0.3) is 0 Å². The van der Waals surface area contributed by atoms with Crippen molar-refractivity contribution in [1.82, 2.24) is 15.3 Å². The molecule has 1 saturated heterocycles. The Kier molecular flexibility index (Phi) is 4.75. The van der Waals surface area contributed by atoms with Crippen LogP contribution in [0.1, 0.15) is 45.0 Å². The van der Waals surface area contributed by atoms with E-state index in [-0.39, 0.29) is 0 Å². The highest BCUT2D eigenvalue weighted by Gasteiger charge is 2.26. The maximum absolute atomic E-state index is 4.57. The third-order valence-electron chi connectivity index (χ3n) is 3.92. The van der Waals surface area contributed by atoms with Crippen LogP contribution in [0.5, 0.6) is 0 Å². The van der Waals surface area contributed by atoms with Gasteiger partial charge in [-0.2, -0.15) is 0 Å². The molecule has 0 amide bonds. The number of nitrogens with zero attached hydrogens (tertiary/aromatic N) is 2. The zero-order valence-corrected chi connectivity index (χ0v) is 12.4. The summed E-state index contributed by atoms with van der Waals surface area (Å²) in [6, 6.07) is 2.11. The largest absolute Gasteiger partial charge is 0.354 e. The lowest BCUT2D eigenvalue weighted by Gasteiger charge is -2.34. The average Bonchev–Trinajstić information content (AvgIpc) is 2.45. The summed E-state index contributed by atoms with van der Waals surface area (Å²) < 4.78 is 0. The Morgan fingerprint density at radius 2 is 1.95 bits per heavy atom. The number of piperidine rings is 1. The van der Waals surface area contributed by atoms with E-state index < -0.39 is 0 Å². The molecular weight excluding hydrogens is 236 g/mol. The number of nitrogens with one attached hydrogen (secondary N) is 2. The standard InChI is InChI=1S/C15H26N4/c1-4-12-9-13(5-2)19-14(18-12)17-11-15(3)7-6-8-16-10-15/h9,16H,4-8,10-11H2,1-3H3,(H,17,18,19). The van der Waals surface area contributed by atoms with Crippen LogP contribution in [0, 0.1) is 5.41 Å². The van der Waals surface area contributed by atoms with Crippen molar-refractivity contribution in [1.29, 1.82) is 0 Å². The van der Waals surface area contributed by atoms with Crippen LogP contribution in [0.3, 0.4) is 0 Å². The van der Waals surface area contributed by atoms with Crippen molar-refractivity contribution < 1.29 is 0 Å². The highest BCUT2D eigenvalue weighted by atomic mass is 15.1. The normalized spacial score (nSPS) is 23.3. The van der Waals surface area contributed by atoms with Crippen molar-refractivity contribution in [3.05, 3.63) is 17.5 Å². The minimum Gasteiger partial charge on any atom is -0.354 e. The molecule has 0 aliphatic carbocycles. The van der Waals surface area contributed by atoms with Crippen LogP contribution in [0.25, 0.3) is 0 Å². The van der Waals surface area contributed by atoms with Gasteiger partial charge in [0.15, 0.2) is 0 Å². The molecule has 4 nitrogen and oxygen atoms in total. The maximum Gasteiger partial charge on any atom is 0.223 e. The summed E-state index contributed by atoms with van der Waals surface area (Å²) in [6.45, 7) is 9.77. The smallest absolute Gasteiger partial charge is 0.223 e. The van der Waals surface area contributed by atoms with E-state index in [0.717, 1.165) is 49.8 Å². The van der Waals surface area contributed by atoms with Gasteiger partial charge in [0.05, 0.1) is 0 Å².